The van der Waals surface area contributed by atoms with Crippen LogP contribution in [0.1, 0.15) is 22.3 Å². The molecule has 9 nitrogen and oxygen atoms in total. The van der Waals surface area contributed by atoms with E-state index in [1.165, 1.54) is 17.0 Å². The number of hydrogen-bond acceptors (Lipinski definition) is 8. The molecule has 0 radical (unpaired) electrons. The average Bonchev–Trinajstić information content (AvgIpc) is 3.32. The Morgan fingerprint density at radius 2 is 1.97 bits per heavy atom. The summed E-state index contributed by atoms with van der Waals surface area (Å²) in [4.78, 5) is 37.9. The van der Waals surface area contributed by atoms with E-state index in [1.54, 1.807) is 24.3 Å². The van der Waals surface area contributed by atoms with Crippen molar-refractivity contribution >= 4 is 57.8 Å². The summed E-state index contributed by atoms with van der Waals surface area (Å²) in [6.45, 7) is 0.226. The van der Waals surface area contributed by atoms with E-state index in [0.29, 0.717) is 20.7 Å². The number of aromatic carboxylic acids is 1. The quantitative estimate of drug-likeness (QED) is 0.330. The van der Waals surface area contributed by atoms with E-state index in [1.807, 2.05) is 0 Å². The van der Waals surface area contributed by atoms with Crippen LogP contribution < -0.4 is 14.8 Å². The number of thioether (sulfide) groups is 1. The van der Waals surface area contributed by atoms with Crippen LogP contribution in [-0.4, -0.2) is 50.6 Å². The van der Waals surface area contributed by atoms with Crippen molar-refractivity contribution in [1.29, 1.82) is 0 Å². The second kappa shape index (κ2) is 8.89. The lowest BCUT2D eigenvalue weighted by atomic mass is 10.1. The van der Waals surface area contributed by atoms with E-state index >= 15 is 0 Å². The van der Waals surface area contributed by atoms with Crippen LogP contribution in [0.3, 0.4) is 0 Å². The van der Waals surface area contributed by atoms with Gasteiger partial charge in [0.15, 0.2) is 11.5 Å². The Labute approximate surface area is 191 Å². The largest absolute Gasteiger partial charge is 0.507 e. The monoisotopic (exact) mass is 472 g/mol. The van der Waals surface area contributed by atoms with Crippen LogP contribution in [0, 0.1) is 0 Å². The predicted octanol–water partition coefficient (Wildman–Crippen LogP) is 3.05. The number of aromatic hydroxyl groups is 1. The summed E-state index contributed by atoms with van der Waals surface area (Å²) < 4.78 is 11.0. The molecule has 4 rings (SSSR count). The molecule has 0 unspecified atom stereocenters. The number of carboxylic acid groups (broad SMARTS) is 1. The number of amides is 2. The first-order chi connectivity index (χ1) is 15.3. The van der Waals surface area contributed by atoms with Gasteiger partial charge in [-0.3, -0.25) is 14.5 Å². The highest BCUT2D eigenvalue weighted by atomic mass is 32.2. The Morgan fingerprint density at radius 3 is 2.75 bits per heavy atom. The molecule has 11 heteroatoms. The second-order valence-corrected chi connectivity index (χ2v) is 8.46. The molecule has 2 aromatic rings. The number of ether oxygens (including phenoxy) is 2. The summed E-state index contributed by atoms with van der Waals surface area (Å²) >= 11 is 6.43. The first kappa shape index (κ1) is 21.7. The molecule has 1 saturated heterocycles. The predicted molar refractivity (Wildman–Crippen MR) is 121 cm³/mol. The van der Waals surface area contributed by atoms with Crippen molar-refractivity contribution in [1.82, 2.24) is 4.90 Å². The van der Waals surface area contributed by atoms with Crippen LogP contribution in [0.5, 0.6) is 17.2 Å². The molecule has 0 atom stereocenters. The minimum Gasteiger partial charge on any atom is -0.507 e. The van der Waals surface area contributed by atoms with E-state index in [9.17, 15) is 19.5 Å². The summed E-state index contributed by atoms with van der Waals surface area (Å²) in [6, 6.07) is 9.05. The maximum Gasteiger partial charge on any atom is 0.339 e. The number of nitrogens with zero attached hydrogens (tertiary/aromatic N) is 1. The van der Waals surface area contributed by atoms with Gasteiger partial charge in [0, 0.05) is 18.7 Å². The molecule has 2 heterocycles. The summed E-state index contributed by atoms with van der Waals surface area (Å²) in [5.74, 6) is -1.20. The van der Waals surface area contributed by atoms with Gasteiger partial charge >= 0.3 is 5.97 Å². The lowest BCUT2D eigenvalue weighted by Crippen LogP contribution is -2.31. The Bertz CT molecular complexity index is 1180. The number of benzene rings is 2. The van der Waals surface area contributed by atoms with Gasteiger partial charge in [0.2, 0.25) is 12.7 Å². The van der Waals surface area contributed by atoms with Gasteiger partial charge in [0.25, 0.3) is 5.91 Å². The Balaban J connectivity index is 1.38. The average molecular weight is 473 g/mol. The third kappa shape index (κ3) is 4.53. The standard InChI is InChI=1S/C21H16N2O7S2/c24-14-3-2-12(9-13(14)20(27)28)22-18(25)5-6-23-19(26)17(32-21(23)31)8-11-1-4-15-16(7-11)30-10-29-15/h1-4,7-9,24H,5-6,10H2,(H,22,25)(H,27,28)/b17-8-. The molecule has 0 aliphatic carbocycles. The molecule has 32 heavy (non-hydrogen) atoms. The van der Waals surface area contributed by atoms with E-state index in [-0.39, 0.29) is 36.9 Å². The Morgan fingerprint density at radius 1 is 1.19 bits per heavy atom. The lowest BCUT2D eigenvalue weighted by Gasteiger charge is -2.14. The molecule has 2 aliphatic rings. The number of anilines is 1. The SMILES string of the molecule is O=C(CCN1C(=O)/C(=C/c2ccc3c(c2)OCO3)SC1=S)Nc1ccc(O)c(C(=O)O)c1. The highest BCUT2D eigenvalue weighted by Gasteiger charge is 2.32. The smallest absolute Gasteiger partial charge is 0.339 e. The van der Waals surface area contributed by atoms with Gasteiger partial charge in [0.1, 0.15) is 15.6 Å². The van der Waals surface area contributed by atoms with Crippen LogP contribution in [0.25, 0.3) is 6.08 Å². The molecule has 3 N–H and O–H groups in total. The molecule has 2 aromatic carbocycles. The Kier molecular flexibility index (Phi) is 6.01. The van der Waals surface area contributed by atoms with Crippen LogP contribution >= 0.6 is 24.0 Å². The third-order valence-corrected chi connectivity index (χ3v) is 6.02. The number of carbonyl (C=O) groups excluding carboxylic acids is 2. The van der Waals surface area contributed by atoms with Crippen molar-refractivity contribution in [3.05, 3.63) is 52.4 Å². The summed E-state index contributed by atoms with van der Waals surface area (Å²) in [6.07, 6.45) is 1.65. The molecular weight excluding hydrogens is 456 g/mol. The zero-order valence-corrected chi connectivity index (χ0v) is 18.0. The van der Waals surface area contributed by atoms with Crippen molar-refractivity contribution in [3.8, 4) is 17.2 Å². The highest BCUT2D eigenvalue weighted by Crippen LogP contribution is 2.36. The Hall–Kier alpha value is -3.57. The maximum absolute atomic E-state index is 12.8. The number of carbonyl (C=O) groups is 3. The highest BCUT2D eigenvalue weighted by molar-refractivity contribution is 8.26. The zero-order chi connectivity index (χ0) is 22.8. The molecule has 0 bridgehead atoms. The maximum atomic E-state index is 12.8. The van der Waals surface area contributed by atoms with Crippen LogP contribution in [0.15, 0.2) is 41.3 Å². The normalized spacial score (nSPS) is 16.0. The minimum absolute atomic E-state index is 0.0486. The fraction of sp³-hybridized carbons (Fsp3) is 0.143. The van der Waals surface area contributed by atoms with Crippen molar-refractivity contribution in [2.45, 2.75) is 6.42 Å². The van der Waals surface area contributed by atoms with Crippen molar-refractivity contribution in [2.24, 2.45) is 0 Å². The number of thiocarbonyl (C=S) groups is 1. The number of phenols is 1. The minimum atomic E-state index is -1.31. The van der Waals surface area contributed by atoms with Crippen molar-refractivity contribution in [3.63, 3.8) is 0 Å². The topological polar surface area (TPSA) is 125 Å². The molecule has 0 aromatic heterocycles. The van der Waals surface area contributed by atoms with E-state index < -0.39 is 17.6 Å². The van der Waals surface area contributed by atoms with Gasteiger partial charge in [-0.2, -0.15) is 0 Å². The van der Waals surface area contributed by atoms with Gasteiger partial charge in [0.05, 0.1) is 4.91 Å². The molecular formula is C21H16N2O7S2. The van der Waals surface area contributed by atoms with Gasteiger partial charge < -0.3 is 25.0 Å². The van der Waals surface area contributed by atoms with Crippen molar-refractivity contribution in [2.75, 3.05) is 18.7 Å². The first-order valence-corrected chi connectivity index (χ1v) is 10.6. The summed E-state index contributed by atoms with van der Waals surface area (Å²) in [7, 11) is 0. The summed E-state index contributed by atoms with van der Waals surface area (Å²) in [5.41, 5.74) is 0.653. The fourth-order valence-corrected chi connectivity index (χ4v) is 4.38. The fourth-order valence-electron chi connectivity index (χ4n) is 3.07. The van der Waals surface area contributed by atoms with Crippen molar-refractivity contribution < 1.29 is 34.1 Å². The van der Waals surface area contributed by atoms with Gasteiger partial charge in [-0.15, -0.1) is 0 Å². The van der Waals surface area contributed by atoms with Gasteiger partial charge in [-0.25, -0.2) is 4.79 Å². The number of hydrogen-bond donors (Lipinski definition) is 3. The van der Waals surface area contributed by atoms with E-state index in [0.717, 1.165) is 23.4 Å². The van der Waals surface area contributed by atoms with Gasteiger partial charge in [-0.1, -0.05) is 30.0 Å². The second-order valence-electron chi connectivity index (χ2n) is 6.78. The molecule has 2 aliphatic heterocycles. The van der Waals surface area contributed by atoms with E-state index in [4.69, 9.17) is 26.8 Å². The van der Waals surface area contributed by atoms with Gasteiger partial charge in [-0.05, 0) is 42.0 Å². The number of carboxylic acids is 1. The number of nitrogens with one attached hydrogen (secondary N) is 1. The van der Waals surface area contributed by atoms with Crippen LogP contribution in [0.4, 0.5) is 5.69 Å². The zero-order valence-electron chi connectivity index (χ0n) is 16.4. The van der Waals surface area contributed by atoms with Crippen LogP contribution in [-0.2, 0) is 9.59 Å². The number of fused-ring (bicyclic) bond motifs is 1. The van der Waals surface area contributed by atoms with Crippen LogP contribution in [0.2, 0.25) is 0 Å². The third-order valence-electron chi connectivity index (χ3n) is 4.64. The molecule has 1 fully saturated rings. The first-order valence-electron chi connectivity index (χ1n) is 9.33. The van der Waals surface area contributed by atoms with E-state index in [2.05, 4.69) is 5.32 Å². The molecule has 0 saturated carbocycles. The molecule has 164 valence electrons. The molecule has 0 spiro atoms. The summed E-state index contributed by atoms with van der Waals surface area (Å²) in [5, 5.41) is 21.2. The lowest BCUT2D eigenvalue weighted by molar-refractivity contribution is -0.122. The molecule has 2 amide bonds. The number of rotatable bonds is 6.